The number of pyridine rings is 1. The van der Waals surface area contributed by atoms with E-state index in [-0.39, 0.29) is 24.9 Å². The van der Waals surface area contributed by atoms with E-state index in [0.717, 1.165) is 43.6 Å². The third-order valence-electron chi connectivity index (χ3n) is 7.27. The van der Waals surface area contributed by atoms with Crippen molar-refractivity contribution in [2.45, 2.75) is 90.6 Å². The molecule has 0 bridgehead atoms. The van der Waals surface area contributed by atoms with Gasteiger partial charge in [-0.05, 0) is 68.1 Å². The molecule has 0 saturated heterocycles. The summed E-state index contributed by atoms with van der Waals surface area (Å²) in [5.74, 6) is 0.287. The van der Waals surface area contributed by atoms with Crippen LogP contribution in [0.1, 0.15) is 77.5 Å². The molecule has 208 valence electrons. The number of carboxylic acids is 1. The third kappa shape index (κ3) is 9.82. The van der Waals surface area contributed by atoms with Crippen LogP contribution in [0.15, 0.2) is 23.4 Å². The van der Waals surface area contributed by atoms with Crippen molar-refractivity contribution in [2.24, 2.45) is 11.8 Å². The number of anilines is 1. The Kier molecular flexibility index (Phi) is 12.7. The zero-order valence-electron chi connectivity index (χ0n) is 23.0. The Hall–Kier alpha value is -2.32. The number of aryl methyl sites for hydroxylation is 2. The average Bonchev–Trinajstić information content (AvgIpc) is 3.66. The number of hydrogen-bond acceptors (Lipinski definition) is 6. The minimum atomic E-state index is -1.07. The Morgan fingerprint density at radius 2 is 1.95 bits per heavy atom. The first-order chi connectivity index (χ1) is 17.7. The number of nitrogens with zero attached hydrogens (tertiary/aromatic N) is 1. The maximum atomic E-state index is 12.9. The number of unbranched alkanes of at least 4 members (excludes halogenated alkanes) is 1. The number of carboxylic acid groups (broad SMARTS) is 1. The molecule has 3 unspecified atom stereocenters. The number of ether oxygens (including phenoxy) is 1. The highest BCUT2D eigenvalue weighted by Gasteiger charge is 2.51. The van der Waals surface area contributed by atoms with Gasteiger partial charge in [-0.25, -0.2) is 9.78 Å². The Balaban J connectivity index is 1.72. The topological polar surface area (TPSA) is 113 Å². The zero-order chi connectivity index (χ0) is 27.4. The minimum absolute atomic E-state index is 0.206. The SMILES string of the molecule is CCc1ccc(CCCCOCCC(NC(=O)C2(N/C(Cl)=C\C(C)C(C)CC)CC2)C(=O)O)nc1NC. The van der Waals surface area contributed by atoms with Gasteiger partial charge in [0.15, 0.2) is 0 Å². The van der Waals surface area contributed by atoms with Crippen LogP contribution in [-0.2, 0) is 27.2 Å². The lowest BCUT2D eigenvalue weighted by atomic mass is 9.94. The lowest BCUT2D eigenvalue weighted by molar-refractivity contribution is -0.142. The summed E-state index contributed by atoms with van der Waals surface area (Å²) in [6.45, 7) is 9.29. The molecule has 1 saturated carbocycles. The molecule has 4 N–H and O–H groups in total. The van der Waals surface area contributed by atoms with Crippen LogP contribution in [0.3, 0.4) is 0 Å². The van der Waals surface area contributed by atoms with Gasteiger partial charge in [-0.2, -0.15) is 0 Å². The highest BCUT2D eigenvalue weighted by Crippen LogP contribution is 2.37. The standard InChI is InChI=1S/C28H45ClN4O4/c1-6-19(3)20(4)18-24(29)33-28(14-15-28)27(36)32-23(26(34)35)13-17-37-16-9-8-10-22-12-11-21(7-2)25(30-5)31-22/h11-12,18-20,23,33H,6-10,13-17H2,1-5H3,(H,30,31)(H,32,36)(H,34,35)/b24-18-. The molecule has 37 heavy (non-hydrogen) atoms. The number of nitrogens with one attached hydrogen (secondary N) is 3. The van der Waals surface area contributed by atoms with Crippen LogP contribution >= 0.6 is 11.6 Å². The van der Waals surface area contributed by atoms with E-state index >= 15 is 0 Å². The van der Waals surface area contributed by atoms with E-state index in [1.807, 2.05) is 13.1 Å². The lowest BCUT2D eigenvalue weighted by Crippen LogP contribution is -2.51. The smallest absolute Gasteiger partial charge is 0.326 e. The Labute approximate surface area is 227 Å². The van der Waals surface area contributed by atoms with Crippen LogP contribution in [0, 0.1) is 11.8 Å². The van der Waals surface area contributed by atoms with Crippen molar-refractivity contribution in [1.82, 2.24) is 15.6 Å². The fourth-order valence-electron chi connectivity index (χ4n) is 4.11. The first-order valence-electron chi connectivity index (χ1n) is 13.6. The molecule has 1 aliphatic rings. The third-order valence-corrected chi connectivity index (χ3v) is 7.49. The van der Waals surface area contributed by atoms with Gasteiger partial charge in [0.2, 0.25) is 5.91 Å². The van der Waals surface area contributed by atoms with Gasteiger partial charge in [-0.3, -0.25) is 4.79 Å². The molecule has 1 fully saturated rings. The van der Waals surface area contributed by atoms with E-state index < -0.39 is 17.6 Å². The second-order valence-corrected chi connectivity index (χ2v) is 10.5. The van der Waals surface area contributed by atoms with Gasteiger partial charge >= 0.3 is 5.97 Å². The predicted molar refractivity (Wildman–Crippen MR) is 149 cm³/mol. The number of rotatable bonds is 18. The van der Waals surface area contributed by atoms with Crippen LogP contribution in [0.4, 0.5) is 5.82 Å². The van der Waals surface area contributed by atoms with E-state index in [1.165, 1.54) is 5.56 Å². The fraction of sp³-hybridized carbons (Fsp3) is 0.679. The monoisotopic (exact) mass is 536 g/mol. The number of aromatic nitrogens is 1. The van der Waals surface area contributed by atoms with Crippen LogP contribution in [0.5, 0.6) is 0 Å². The van der Waals surface area contributed by atoms with Crippen molar-refractivity contribution in [2.75, 3.05) is 25.6 Å². The van der Waals surface area contributed by atoms with Gasteiger partial charge in [0, 0.05) is 32.4 Å². The maximum absolute atomic E-state index is 12.9. The molecule has 9 heteroatoms. The summed E-state index contributed by atoms with van der Waals surface area (Å²) >= 11 is 6.38. The molecule has 0 radical (unpaired) electrons. The van der Waals surface area contributed by atoms with Gasteiger partial charge in [0.25, 0.3) is 0 Å². The number of allylic oxidation sites excluding steroid dienone is 1. The van der Waals surface area contributed by atoms with Crippen molar-refractivity contribution >= 4 is 29.3 Å². The molecule has 1 aromatic heterocycles. The molecular weight excluding hydrogens is 492 g/mol. The Morgan fingerprint density at radius 3 is 2.54 bits per heavy atom. The van der Waals surface area contributed by atoms with Crippen LogP contribution in [-0.4, -0.2) is 53.8 Å². The zero-order valence-corrected chi connectivity index (χ0v) is 23.8. The fourth-order valence-corrected chi connectivity index (χ4v) is 4.49. The molecule has 0 aliphatic heterocycles. The first kappa shape index (κ1) is 30.9. The van der Waals surface area contributed by atoms with E-state index in [4.69, 9.17) is 16.3 Å². The highest BCUT2D eigenvalue weighted by molar-refractivity contribution is 6.29. The average molecular weight is 537 g/mol. The number of aliphatic carboxylic acids is 1. The number of carbonyl (C=O) groups excluding carboxylic acids is 1. The van der Waals surface area contributed by atoms with Gasteiger partial charge in [-0.15, -0.1) is 0 Å². The summed E-state index contributed by atoms with van der Waals surface area (Å²) in [5, 5.41) is 19.0. The van der Waals surface area contributed by atoms with Crippen molar-refractivity contribution in [3.63, 3.8) is 0 Å². The molecule has 0 aromatic carbocycles. The summed E-state index contributed by atoms with van der Waals surface area (Å²) in [4.78, 5) is 29.3. The van der Waals surface area contributed by atoms with Crippen LogP contribution < -0.4 is 16.0 Å². The Morgan fingerprint density at radius 1 is 1.22 bits per heavy atom. The van der Waals surface area contributed by atoms with Crippen LogP contribution in [0.25, 0.3) is 0 Å². The van der Waals surface area contributed by atoms with Gasteiger partial charge in [-0.1, -0.05) is 51.8 Å². The van der Waals surface area contributed by atoms with Crippen molar-refractivity contribution in [1.29, 1.82) is 0 Å². The number of amides is 1. The minimum Gasteiger partial charge on any atom is -0.480 e. The number of halogens is 1. The molecule has 1 amide bonds. The van der Waals surface area contributed by atoms with E-state index in [1.54, 1.807) is 0 Å². The van der Waals surface area contributed by atoms with E-state index in [9.17, 15) is 14.7 Å². The quantitative estimate of drug-likeness (QED) is 0.156. The summed E-state index contributed by atoms with van der Waals surface area (Å²) in [7, 11) is 1.88. The highest BCUT2D eigenvalue weighted by atomic mass is 35.5. The van der Waals surface area contributed by atoms with Gasteiger partial charge < -0.3 is 25.8 Å². The maximum Gasteiger partial charge on any atom is 0.326 e. The molecule has 0 spiro atoms. The van der Waals surface area contributed by atoms with Gasteiger partial charge in [0.1, 0.15) is 17.4 Å². The van der Waals surface area contributed by atoms with Crippen molar-refractivity contribution < 1.29 is 19.4 Å². The Bertz CT molecular complexity index is 919. The van der Waals surface area contributed by atoms with E-state index in [0.29, 0.717) is 30.5 Å². The summed E-state index contributed by atoms with van der Waals surface area (Å²) in [5.41, 5.74) is 1.42. The largest absolute Gasteiger partial charge is 0.480 e. The predicted octanol–water partition coefficient (Wildman–Crippen LogP) is 4.87. The second kappa shape index (κ2) is 15.2. The summed E-state index contributed by atoms with van der Waals surface area (Å²) < 4.78 is 5.66. The number of carbonyl (C=O) groups is 2. The summed E-state index contributed by atoms with van der Waals surface area (Å²) in [6.07, 6.45) is 8.00. The normalized spacial score (nSPS) is 17.0. The molecule has 3 atom stereocenters. The van der Waals surface area contributed by atoms with Gasteiger partial charge in [0.05, 0.1) is 5.16 Å². The summed E-state index contributed by atoms with van der Waals surface area (Å²) in [6, 6.07) is 3.18. The molecule has 1 aromatic rings. The molecule has 1 heterocycles. The second-order valence-electron chi connectivity index (χ2n) is 10.1. The number of hydrogen-bond donors (Lipinski definition) is 4. The molecule has 8 nitrogen and oxygen atoms in total. The van der Waals surface area contributed by atoms with Crippen molar-refractivity contribution in [3.05, 3.63) is 34.6 Å². The first-order valence-corrected chi connectivity index (χ1v) is 14.0. The van der Waals surface area contributed by atoms with Crippen molar-refractivity contribution in [3.8, 4) is 0 Å². The molecular formula is C28H45ClN4O4. The van der Waals surface area contributed by atoms with E-state index in [2.05, 4.69) is 60.8 Å². The molecule has 1 aliphatic carbocycles. The van der Waals surface area contributed by atoms with Crippen LogP contribution in [0.2, 0.25) is 0 Å². The lowest BCUT2D eigenvalue weighted by Gasteiger charge is -2.22. The molecule has 2 rings (SSSR count).